The number of hydrogen-bond acceptors (Lipinski definition) is 5. The summed E-state index contributed by atoms with van der Waals surface area (Å²) in [5.74, 6) is -0.0382. The molecule has 5 atom stereocenters. The average molecular weight is 326 g/mol. The summed E-state index contributed by atoms with van der Waals surface area (Å²) in [6, 6.07) is 0. The van der Waals surface area contributed by atoms with Crippen molar-refractivity contribution in [2.24, 2.45) is 5.92 Å². The van der Waals surface area contributed by atoms with Crippen molar-refractivity contribution in [3.05, 3.63) is 32.6 Å². The van der Waals surface area contributed by atoms with E-state index in [1.54, 1.807) is 13.8 Å². The summed E-state index contributed by atoms with van der Waals surface area (Å²) in [6.45, 7) is 6.62. The highest BCUT2D eigenvalue weighted by Gasteiger charge is 2.43. The van der Waals surface area contributed by atoms with Gasteiger partial charge in [-0.2, -0.15) is 0 Å². The summed E-state index contributed by atoms with van der Waals surface area (Å²) in [5.41, 5.74) is -0.500. The second-order valence-electron chi connectivity index (χ2n) is 6.30. The van der Waals surface area contributed by atoms with E-state index in [4.69, 9.17) is 10.8 Å². The third-order valence-electron chi connectivity index (χ3n) is 4.21. The molecule has 0 radical (unpaired) electrons. The van der Waals surface area contributed by atoms with Crippen molar-refractivity contribution in [3.63, 3.8) is 0 Å². The Labute approximate surface area is 137 Å². The normalized spacial score (nSPS) is 29.7. The van der Waals surface area contributed by atoms with E-state index in [0.717, 1.165) is 6.54 Å². The van der Waals surface area contributed by atoms with Crippen molar-refractivity contribution in [1.29, 1.82) is 0 Å². The molecule has 7 nitrogen and oxygen atoms in total. The highest BCUT2D eigenvalue weighted by molar-refractivity contribution is 5.03. The molecule has 1 saturated heterocycles. The number of aromatic nitrogens is 2. The third-order valence-corrected chi connectivity index (χ3v) is 4.21. The Morgan fingerprint density at radius 1 is 1.48 bits per heavy atom. The molecule has 0 amide bonds. The zero-order valence-electron chi connectivity index (χ0n) is 15.4. The molecule has 1 N–H and O–H groups in total. The van der Waals surface area contributed by atoms with Crippen LogP contribution in [0.4, 0.5) is 0 Å². The minimum absolute atomic E-state index is 0.0382. The SMILES string of the molecule is [2H][C@@H](C)[C@H]1O[C@@H](n2cc(C)c(=O)[nH]c2=O)C(OCCN(C)C)C1C. The van der Waals surface area contributed by atoms with Gasteiger partial charge in [-0.3, -0.25) is 14.3 Å². The monoisotopic (exact) mass is 326 g/mol. The Morgan fingerprint density at radius 2 is 2.17 bits per heavy atom. The quantitative estimate of drug-likeness (QED) is 0.834. The van der Waals surface area contributed by atoms with Crippen LogP contribution < -0.4 is 11.2 Å². The Bertz CT molecular complexity index is 670. The fraction of sp³-hybridized carbons (Fsp3) is 0.750. The van der Waals surface area contributed by atoms with Crippen LogP contribution in [-0.2, 0) is 9.47 Å². The van der Waals surface area contributed by atoms with Crippen LogP contribution in [0.25, 0.3) is 0 Å². The van der Waals surface area contributed by atoms with Crippen molar-refractivity contribution >= 4 is 0 Å². The number of nitrogens with zero attached hydrogens (tertiary/aromatic N) is 2. The van der Waals surface area contributed by atoms with E-state index in [9.17, 15) is 9.59 Å². The number of rotatable bonds is 6. The van der Waals surface area contributed by atoms with Gasteiger partial charge in [-0.05, 0) is 27.4 Å². The lowest BCUT2D eigenvalue weighted by atomic mass is 9.98. The van der Waals surface area contributed by atoms with Gasteiger partial charge in [-0.1, -0.05) is 13.8 Å². The molecular weight excluding hydrogens is 298 g/mol. The molecule has 2 heterocycles. The first-order valence-corrected chi connectivity index (χ1v) is 7.88. The number of H-pyrrole nitrogens is 1. The summed E-state index contributed by atoms with van der Waals surface area (Å²) in [5, 5.41) is 0. The van der Waals surface area contributed by atoms with Crippen LogP contribution in [0.5, 0.6) is 0 Å². The maximum absolute atomic E-state index is 12.2. The summed E-state index contributed by atoms with van der Waals surface area (Å²) in [4.78, 5) is 28.1. The van der Waals surface area contributed by atoms with Gasteiger partial charge in [0.05, 0.1) is 12.7 Å². The van der Waals surface area contributed by atoms with E-state index in [0.29, 0.717) is 12.2 Å². The van der Waals surface area contributed by atoms with E-state index >= 15 is 0 Å². The molecule has 130 valence electrons. The van der Waals surface area contributed by atoms with Gasteiger partial charge in [-0.15, -0.1) is 0 Å². The summed E-state index contributed by atoms with van der Waals surface area (Å²) >= 11 is 0. The molecule has 1 aliphatic heterocycles. The molecule has 1 aromatic heterocycles. The maximum Gasteiger partial charge on any atom is 0.330 e. The predicted octanol–water partition coefficient (Wildman–Crippen LogP) is 0.735. The summed E-state index contributed by atoms with van der Waals surface area (Å²) < 4.78 is 21.3. The standard InChI is InChI=1S/C16H27N3O4/c1-6-12-11(3)13(22-8-7-18(4)5)15(23-12)19-9-10(2)14(20)17-16(19)21/h9,11-13,15H,6-8H2,1-5H3,(H,17,20,21)/t11?,12-,13?,15-/m1/s1/i6D/t6-,11?,12+,13?,15+/m0. The Hall–Kier alpha value is -1.44. The maximum atomic E-state index is 12.2. The molecule has 0 aromatic carbocycles. The largest absolute Gasteiger partial charge is 0.372 e. The molecule has 0 bridgehead atoms. The molecule has 1 aromatic rings. The fourth-order valence-corrected chi connectivity index (χ4v) is 2.80. The van der Waals surface area contributed by atoms with Gasteiger partial charge in [0.25, 0.3) is 5.56 Å². The molecular formula is C16H27N3O4. The van der Waals surface area contributed by atoms with Crippen LogP contribution in [0, 0.1) is 12.8 Å². The Balaban J connectivity index is 2.31. The van der Waals surface area contributed by atoms with E-state index in [1.807, 2.05) is 25.9 Å². The van der Waals surface area contributed by atoms with Crippen LogP contribution in [0.1, 0.15) is 33.4 Å². The second-order valence-corrected chi connectivity index (χ2v) is 6.30. The number of aromatic amines is 1. The van der Waals surface area contributed by atoms with Gasteiger partial charge >= 0.3 is 5.69 Å². The number of ether oxygens (including phenoxy) is 2. The predicted molar refractivity (Wildman–Crippen MR) is 87.7 cm³/mol. The van der Waals surface area contributed by atoms with Gasteiger partial charge in [0, 0.05) is 25.6 Å². The van der Waals surface area contributed by atoms with Crippen molar-refractivity contribution in [2.45, 2.75) is 45.6 Å². The Morgan fingerprint density at radius 3 is 2.78 bits per heavy atom. The average Bonchev–Trinajstić information content (AvgIpc) is 2.80. The number of likely N-dealkylation sites (N-methyl/N-ethyl adjacent to an activating group) is 1. The van der Waals surface area contributed by atoms with E-state index in [-0.39, 0.29) is 18.1 Å². The van der Waals surface area contributed by atoms with Gasteiger partial charge < -0.3 is 14.4 Å². The van der Waals surface area contributed by atoms with Crippen molar-refractivity contribution in [2.75, 3.05) is 27.2 Å². The van der Waals surface area contributed by atoms with Gasteiger partial charge in [0.15, 0.2) is 6.23 Å². The molecule has 1 aliphatic rings. The van der Waals surface area contributed by atoms with Gasteiger partial charge in [0.2, 0.25) is 0 Å². The van der Waals surface area contributed by atoms with E-state index < -0.39 is 23.9 Å². The lowest BCUT2D eigenvalue weighted by molar-refractivity contribution is -0.0683. The molecule has 23 heavy (non-hydrogen) atoms. The van der Waals surface area contributed by atoms with Crippen molar-refractivity contribution in [3.8, 4) is 0 Å². The van der Waals surface area contributed by atoms with Crippen molar-refractivity contribution < 1.29 is 10.8 Å². The summed E-state index contributed by atoms with van der Waals surface area (Å²) in [6.07, 6.45) is -0.283. The molecule has 7 heteroatoms. The van der Waals surface area contributed by atoms with Gasteiger partial charge in [-0.25, -0.2) is 4.79 Å². The molecule has 0 aliphatic carbocycles. The summed E-state index contributed by atoms with van der Waals surface area (Å²) in [7, 11) is 3.92. The van der Waals surface area contributed by atoms with Crippen LogP contribution in [0.15, 0.2) is 15.8 Å². The molecule has 2 rings (SSSR count). The highest BCUT2D eigenvalue weighted by Crippen LogP contribution is 2.36. The zero-order chi connectivity index (χ0) is 18.0. The molecule has 2 unspecified atom stereocenters. The lowest BCUT2D eigenvalue weighted by Crippen LogP contribution is -2.38. The van der Waals surface area contributed by atoms with Crippen LogP contribution in [0.2, 0.25) is 0 Å². The lowest BCUT2D eigenvalue weighted by Gasteiger charge is -2.24. The second kappa shape index (κ2) is 7.42. The first-order valence-electron chi connectivity index (χ1n) is 8.46. The fourth-order valence-electron chi connectivity index (χ4n) is 2.80. The highest BCUT2D eigenvalue weighted by atomic mass is 16.6. The first-order chi connectivity index (χ1) is 11.2. The van der Waals surface area contributed by atoms with Gasteiger partial charge in [0.1, 0.15) is 6.10 Å². The first kappa shape index (κ1) is 16.4. The molecule has 1 fully saturated rings. The zero-order valence-corrected chi connectivity index (χ0v) is 14.4. The Kier molecular flexibility index (Phi) is 5.30. The van der Waals surface area contributed by atoms with Crippen molar-refractivity contribution in [1.82, 2.24) is 14.5 Å². The van der Waals surface area contributed by atoms with E-state index in [1.165, 1.54) is 10.8 Å². The third kappa shape index (κ3) is 3.91. The molecule has 0 saturated carbocycles. The number of nitrogens with one attached hydrogen (secondary N) is 1. The minimum Gasteiger partial charge on any atom is -0.372 e. The minimum atomic E-state index is -0.650. The topological polar surface area (TPSA) is 76.6 Å². The van der Waals surface area contributed by atoms with Crippen LogP contribution in [-0.4, -0.2) is 53.9 Å². The molecule has 0 spiro atoms. The van der Waals surface area contributed by atoms with Crippen LogP contribution >= 0.6 is 0 Å². The smallest absolute Gasteiger partial charge is 0.330 e. The number of aryl methyl sites for hydroxylation is 1. The van der Waals surface area contributed by atoms with E-state index in [2.05, 4.69) is 4.98 Å². The van der Waals surface area contributed by atoms with Crippen LogP contribution in [0.3, 0.4) is 0 Å². The number of hydrogen-bond donors (Lipinski definition) is 1.